The van der Waals surface area contributed by atoms with E-state index in [1.807, 2.05) is 0 Å². The summed E-state index contributed by atoms with van der Waals surface area (Å²) in [6.45, 7) is 0. The lowest BCUT2D eigenvalue weighted by molar-refractivity contribution is 0.318. The molecule has 0 saturated heterocycles. The summed E-state index contributed by atoms with van der Waals surface area (Å²) in [6, 6.07) is 8.73. The van der Waals surface area contributed by atoms with Gasteiger partial charge in [-0.05, 0) is 36.4 Å². The average Bonchev–Trinajstić information content (AvgIpc) is 3.18. The van der Waals surface area contributed by atoms with Gasteiger partial charge < -0.3 is 23.9 Å². The lowest BCUT2D eigenvalue weighted by atomic mass is 10.1. The Morgan fingerprint density at radius 1 is 1.04 bits per heavy atom. The van der Waals surface area contributed by atoms with E-state index in [9.17, 15) is 9.60 Å². The second kappa shape index (κ2) is 7.73. The quantitative estimate of drug-likeness (QED) is 0.402. The Morgan fingerprint density at radius 2 is 1.67 bits per heavy atom. The van der Waals surface area contributed by atoms with Crippen molar-refractivity contribution in [2.24, 2.45) is 5.16 Å². The van der Waals surface area contributed by atoms with E-state index in [0.717, 1.165) is 0 Å². The second-order valence-electron chi connectivity index (χ2n) is 5.29. The van der Waals surface area contributed by atoms with Gasteiger partial charge in [-0.2, -0.15) is 4.98 Å². The standard InChI is InChI=1S/C18H16FN3O5/c1-24-13-8-11(9-14(25-2)16(13)26-3)15(21-23)17-20-18(27-22-17)10-4-6-12(19)7-5-10/h4-9,23H,1-3H3/b21-15-. The third-order valence-corrected chi connectivity index (χ3v) is 3.77. The molecule has 0 aliphatic carbocycles. The fourth-order valence-corrected chi connectivity index (χ4v) is 2.48. The van der Waals surface area contributed by atoms with Gasteiger partial charge in [-0.15, -0.1) is 0 Å². The zero-order valence-electron chi connectivity index (χ0n) is 14.8. The van der Waals surface area contributed by atoms with E-state index >= 15 is 0 Å². The van der Waals surface area contributed by atoms with Crippen molar-refractivity contribution >= 4 is 5.71 Å². The van der Waals surface area contributed by atoms with Gasteiger partial charge in [0.15, 0.2) is 17.2 Å². The topological polar surface area (TPSA) is 99.2 Å². The highest BCUT2D eigenvalue weighted by Gasteiger charge is 2.21. The first-order chi connectivity index (χ1) is 13.1. The molecule has 0 radical (unpaired) electrons. The third-order valence-electron chi connectivity index (χ3n) is 3.77. The summed E-state index contributed by atoms with van der Waals surface area (Å²) in [6.07, 6.45) is 0. The number of nitrogens with zero attached hydrogens (tertiary/aromatic N) is 3. The van der Waals surface area contributed by atoms with E-state index in [0.29, 0.717) is 28.4 Å². The Hall–Kier alpha value is -3.62. The zero-order chi connectivity index (χ0) is 19.4. The van der Waals surface area contributed by atoms with Crippen molar-refractivity contribution in [3.63, 3.8) is 0 Å². The number of hydrogen-bond acceptors (Lipinski definition) is 8. The van der Waals surface area contributed by atoms with Gasteiger partial charge in [-0.25, -0.2) is 4.39 Å². The molecule has 1 aromatic heterocycles. The molecule has 3 aromatic rings. The average molecular weight is 373 g/mol. The van der Waals surface area contributed by atoms with E-state index < -0.39 is 0 Å². The minimum Gasteiger partial charge on any atom is -0.493 e. The normalized spacial score (nSPS) is 11.3. The molecule has 0 unspecified atom stereocenters. The van der Waals surface area contributed by atoms with Gasteiger partial charge in [0, 0.05) is 11.1 Å². The summed E-state index contributed by atoms with van der Waals surface area (Å²) in [7, 11) is 4.42. The predicted molar refractivity (Wildman–Crippen MR) is 93.2 cm³/mol. The summed E-state index contributed by atoms with van der Waals surface area (Å²) in [4.78, 5) is 4.21. The van der Waals surface area contributed by atoms with Crippen molar-refractivity contribution in [3.8, 4) is 28.7 Å². The molecule has 1 heterocycles. The van der Waals surface area contributed by atoms with Crippen LogP contribution in [-0.2, 0) is 0 Å². The number of rotatable bonds is 6. The summed E-state index contributed by atoms with van der Waals surface area (Å²) in [5.74, 6) is 0.935. The summed E-state index contributed by atoms with van der Waals surface area (Å²) >= 11 is 0. The number of aromatic nitrogens is 2. The molecule has 27 heavy (non-hydrogen) atoms. The van der Waals surface area contributed by atoms with E-state index in [-0.39, 0.29) is 23.2 Å². The van der Waals surface area contributed by atoms with Crippen LogP contribution in [0.2, 0.25) is 0 Å². The third kappa shape index (κ3) is 3.52. The van der Waals surface area contributed by atoms with E-state index in [1.165, 1.54) is 45.6 Å². The SMILES string of the molecule is COc1cc(/C(=N/O)c2noc(-c3ccc(F)cc3)n2)cc(OC)c1OC. The van der Waals surface area contributed by atoms with Gasteiger partial charge in [0.2, 0.25) is 11.6 Å². The van der Waals surface area contributed by atoms with Crippen molar-refractivity contribution in [1.29, 1.82) is 0 Å². The van der Waals surface area contributed by atoms with Gasteiger partial charge in [0.05, 0.1) is 21.3 Å². The van der Waals surface area contributed by atoms with Crippen LogP contribution in [0.5, 0.6) is 17.2 Å². The van der Waals surface area contributed by atoms with Gasteiger partial charge in [-0.3, -0.25) is 0 Å². The fourth-order valence-electron chi connectivity index (χ4n) is 2.48. The molecule has 9 heteroatoms. The lowest BCUT2D eigenvalue weighted by Crippen LogP contribution is -2.07. The Bertz CT molecular complexity index is 944. The van der Waals surface area contributed by atoms with Crippen LogP contribution in [0.3, 0.4) is 0 Å². The van der Waals surface area contributed by atoms with Crippen LogP contribution < -0.4 is 14.2 Å². The van der Waals surface area contributed by atoms with Crippen LogP contribution in [0.25, 0.3) is 11.5 Å². The summed E-state index contributed by atoms with van der Waals surface area (Å²) in [5, 5.41) is 16.6. The molecule has 0 aliphatic rings. The highest BCUT2D eigenvalue weighted by molar-refractivity contribution is 6.11. The predicted octanol–water partition coefficient (Wildman–Crippen LogP) is 3.13. The molecular formula is C18H16FN3O5. The van der Waals surface area contributed by atoms with Crippen LogP contribution in [0.4, 0.5) is 4.39 Å². The number of methoxy groups -OCH3 is 3. The number of benzene rings is 2. The molecule has 2 aromatic carbocycles. The number of oxime groups is 1. The van der Waals surface area contributed by atoms with Crippen molar-refractivity contribution in [2.75, 3.05) is 21.3 Å². The van der Waals surface area contributed by atoms with E-state index in [2.05, 4.69) is 15.3 Å². The van der Waals surface area contributed by atoms with Crippen molar-refractivity contribution in [3.05, 3.63) is 53.6 Å². The van der Waals surface area contributed by atoms with Crippen LogP contribution in [0, 0.1) is 5.82 Å². The Morgan fingerprint density at radius 3 is 2.19 bits per heavy atom. The first-order valence-electron chi connectivity index (χ1n) is 7.73. The fraction of sp³-hybridized carbons (Fsp3) is 0.167. The van der Waals surface area contributed by atoms with Crippen LogP contribution >= 0.6 is 0 Å². The number of halogens is 1. The molecule has 8 nitrogen and oxygen atoms in total. The number of ether oxygens (including phenoxy) is 3. The van der Waals surface area contributed by atoms with Crippen molar-refractivity contribution in [2.45, 2.75) is 0 Å². The van der Waals surface area contributed by atoms with Gasteiger partial charge in [0.25, 0.3) is 5.89 Å². The van der Waals surface area contributed by atoms with E-state index in [1.54, 1.807) is 12.1 Å². The molecule has 0 bridgehead atoms. The highest BCUT2D eigenvalue weighted by Crippen LogP contribution is 2.38. The summed E-state index contributed by atoms with van der Waals surface area (Å²) < 4.78 is 34.1. The first kappa shape index (κ1) is 18.2. The molecule has 0 fully saturated rings. The van der Waals surface area contributed by atoms with Crippen LogP contribution in [0.1, 0.15) is 11.4 Å². The lowest BCUT2D eigenvalue weighted by Gasteiger charge is -2.13. The monoisotopic (exact) mass is 373 g/mol. The largest absolute Gasteiger partial charge is 0.493 e. The maximum absolute atomic E-state index is 13.1. The summed E-state index contributed by atoms with van der Waals surface area (Å²) in [5.41, 5.74) is 0.974. The Balaban J connectivity index is 2.02. The number of hydrogen-bond donors (Lipinski definition) is 1. The smallest absolute Gasteiger partial charge is 0.258 e. The minimum atomic E-state index is -0.381. The molecule has 3 rings (SSSR count). The second-order valence-corrected chi connectivity index (χ2v) is 5.29. The van der Waals surface area contributed by atoms with E-state index in [4.69, 9.17) is 18.7 Å². The first-order valence-corrected chi connectivity index (χ1v) is 7.73. The van der Waals surface area contributed by atoms with Crippen molar-refractivity contribution in [1.82, 2.24) is 10.1 Å². The maximum Gasteiger partial charge on any atom is 0.258 e. The highest BCUT2D eigenvalue weighted by atomic mass is 19.1. The van der Waals surface area contributed by atoms with Crippen LogP contribution in [-0.4, -0.2) is 42.4 Å². The molecule has 0 saturated carbocycles. The Kier molecular flexibility index (Phi) is 5.20. The maximum atomic E-state index is 13.1. The van der Waals surface area contributed by atoms with Gasteiger partial charge in [-0.1, -0.05) is 10.3 Å². The van der Waals surface area contributed by atoms with Gasteiger partial charge in [0.1, 0.15) is 5.82 Å². The molecule has 0 aliphatic heterocycles. The molecule has 0 spiro atoms. The Labute approximate surface area is 153 Å². The zero-order valence-corrected chi connectivity index (χ0v) is 14.8. The molecule has 1 N–H and O–H groups in total. The van der Waals surface area contributed by atoms with Gasteiger partial charge >= 0.3 is 0 Å². The van der Waals surface area contributed by atoms with Crippen LogP contribution in [0.15, 0.2) is 46.1 Å². The van der Waals surface area contributed by atoms with Crippen molar-refractivity contribution < 1.29 is 28.3 Å². The molecule has 0 atom stereocenters. The molecule has 140 valence electrons. The molecule has 0 amide bonds. The minimum absolute atomic E-state index is 0.0334. The molecular weight excluding hydrogens is 357 g/mol.